The second kappa shape index (κ2) is 3.76. The third-order valence-corrected chi connectivity index (χ3v) is 2.30. The second-order valence-electron chi connectivity index (χ2n) is 3.58. The predicted molar refractivity (Wildman–Crippen MR) is 45.9 cm³/mol. The number of rotatable bonds is 4. The van der Waals surface area contributed by atoms with Gasteiger partial charge in [0.1, 0.15) is 0 Å². The minimum absolute atomic E-state index is 0.0337. The summed E-state index contributed by atoms with van der Waals surface area (Å²) in [7, 11) is 0. The van der Waals surface area contributed by atoms with Crippen molar-refractivity contribution in [1.82, 2.24) is 5.32 Å². The zero-order valence-electron chi connectivity index (χ0n) is 7.29. The molecule has 0 bridgehead atoms. The van der Waals surface area contributed by atoms with Crippen molar-refractivity contribution in [2.45, 2.75) is 38.3 Å². The minimum atomic E-state index is -0.992. The van der Waals surface area contributed by atoms with Gasteiger partial charge in [0, 0.05) is 12.1 Å². The molecule has 1 saturated carbocycles. The number of hydrogen-bond acceptors (Lipinski definition) is 2. The second-order valence-corrected chi connectivity index (χ2v) is 3.58. The molecule has 0 aromatic heterocycles. The molecule has 0 aromatic carbocycles. The molecule has 1 amide bonds. The molecule has 2 atom stereocenters. The summed E-state index contributed by atoms with van der Waals surface area (Å²) < 4.78 is 0. The van der Waals surface area contributed by atoms with E-state index in [9.17, 15) is 4.79 Å². The molecule has 4 heteroatoms. The van der Waals surface area contributed by atoms with Gasteiger partial charge < -0.3 is 16.2 Å². The molecule has 12 heavy (non-hydrogen) atoms. The Morgan fingerprint density at radius 3 is 2.75 bits per heavy atom. The van der Waals surface area contributed by atoms with Crippen molar-refractivity contribution in [1.29, 1.82) is 0 Å². The highest BCUT2D eigenvalue weighted by Crippen LogP contribution is 2.33. The van der Waals surface area contributed by atoms with Crippen molar-refractivity contribution in [3.63, 3.8) is 0 Å². The third-order valence-electron chi connectivity index (χ3n) is 2.30. The average Bonchev–Trinajstić information content (AvgIpc) is 2.70. The van der Waals surface area contributed by atoms with Crippen molar-refractivity contribution >= 4 is 6.09 Å². The fraction of sp³-hybridized carbons (Fsp3) is 0.875. The van der Waals surface area contributed by atoms with Gasteiger partial charge in [0.25, 0.3) is 0 Å². The molecule has 1 rings (SSSR count). The summed E-state index contributed by atoms with van der Waals surface area (Å²) in [6, 6.07) is -0.170. The highest BCUT2D eigenvalue weighted by atomic mass is 16.4. The van der Waals surface area contributed by atoms with Crippen molar-refractivity contribution in [2.24, 2.45) is 11.7 Å². The Labute approximate surface area is 72.1 Å². The van der Waals surface area contributed by atoms with Gasteiger partial charge in [-0.2, -0.15) is 0 Å². The van der Waals surface area contributed by atoms with E-state index in [4.69, 9.17) is 10.8 Å². The van der Waals surface area contributed by atoms with Crippen molar-refractivity contribution < 1.29 is 9.90 Å². The molecule has 0 unspecified atom stereocenters. The van der Waals surface area contributed by atoms with Crippen LogP contribution in [0.25, 0.3) is 0 Å². The van der Waals surface area contributed by atoms with E-state index < -0.39 is 6.09 Å². The van der Waals surface area contributed by atoms with Crippen LogP contribution in [-0.2, 0) is 0 Å². The topological polar surface area (TPSA) is 75.3 Å². The minimum Gasteiger partial charge on any atom is -0.465 e. The maximum absolute atomic E-state index is 10.2. The number of nitrogens with two attached hydrogens (primary N) is 1. The quantitative estimate of drug-likeness (QED) is 0.586. The van der Waals surface area contributed by atoms with Crippen LogP contribution >= 0.6 is 0 Å². The molecular weight excluding hydrogens is 156 g/mol. The monoisotopic (exact) mass is 172 g/mol. The molecule has 1 aliphatic carbocycles. The van der Waals surface area contributed by atoms with E-state index in [-0.39, 0.29) is 12.1 Å². The molecule has 0 aliphatic heterocycles. The van der Waals surface area contributed by atoms with Gasteiger partial charge in [-0.15, -0.1) is 0 Å². The summed E-state index contributed by atoms with van der Waals surface area (Å²) >= 11 is 0. The Morgan fingerprint density at radius 2 is 2.33 bits per heavy atom. The largest absolute Gasteiger partial charge is 0.465 e. The fourth-order valence-corrected chi connectivity index (χ4v) is 1.24. The van der Waals surface area contributed by atoms with Gasteiger partial charge >= 0.3 is 6.09 Å². The van der Waals surface area contributed by atoms with Gasteiger partial charge in [-0.25, -0.2) is 4.79 Å². The van der Waals surface area contributed by atoms with Crippen molar-refractivity contribution in [3.8, 4) is 0 Å². The van der Waals surface area contributed by atoms with Crippen molar-refractivity contribution in [3.05, 3.63) is 0 Å². The van der Waals surface area contributed by atoms with E-state index in [1.807, 2.05) is 0 Å². The fourth-order valence-electron chi connectivity index (χ4n) is 1.24. The number of carboxylic acid groups (broad SMARTS) is 1. The van der Waals surface area contributed by atoms with Crippen LogP contribution in [0.3, 0.4) is 0 Å². The average molecular weight is 172 g/mol. The van der Waals surface area contributed by atoms with Crippen LogP contribution in [0.4, 0.5) is 4.79 Å². The Bertz CT molecular complexity index is 168. The van der Waals surface area contributed by atoms with Gasteiger partial charge in [-0.05, 0) is 19.3 Å². The molecule has 70 valence electrons. The molecule has 1 fully saturated rings. The SMILES string of the molecule is C[C@H](NC(=O)O)[C@@H](N)CC1CC1. The maximum Gasteiger partial charge on any atom is 0.404 e. The number of carbonyl (C=O) groups is 1. The molecule has 4 nitrogen and oxygen atoms in total. The van der Waals surface area contributed by atoms with Gasteiger partial charge in [0.15, 0.2) is 0 Å². The first-order valence-electron chi connectivity index (χ1n) is 4.34. The third kappa shape index (κ3) is 3.09. The Morgan fingerprint density at radius 1 is 1.75 bits per heavy atom. The first-order valence-corrected chi connectivity index (χ1v) is 4.34. The smallest absolute Gasteiger partial charge is 0.404 e. The van der Waals surface area contributed by atoms with E-state index in [1.54, 1.807) is 6.92 Å². The van der Waals surface area contributed by atoms with Crippen LogP contribution in [0.1, 0.15) is 26.2 Å². The molecule has 1 aliphatic rings. The maximum atomic E-state index is 10.2. The van der Waals surface area contributed by atoms with Crippen molar-refractivity contribution in [2.75, 3.05) is 0 Å². The molecule has 0 saturated heterocycles. The molecular formula is C8H16N2O2. The Hall–Kier alpha value is -0.770. The van der Waals surface area contributed by atoms with E-state index in [2.05, 4.69) is 5.32 Å². The van der Waals surface area contributed by atoms with Crippen LogP contribution in [0.2, 0.25) is 0 Å². The van der Waals surface area contributed by atoms with Gasteiger partial charge in [-0.1, -0.05) is 12.8 Å². The molecule has 0 radical (unpaired) electrons. The van der Waals surface area contributed by atoms with Gasteiger partial charge in [-0.3, -0.25) is 0 Å². The number of nitrogens with one attached hydrogen (secondary N) is 1. The zero-order chi connectivity index (χ0) is 9.14. The lowest BCUT2D eigenvalue weighted by atomic mass is 10.1. The molecule has 0 heterocycles. The van der Waals surface area contributed by atoms with E-state index in [1.165, 1.54) is 12.8 Å². The lowest BCUT2D eigenvalue weighted by molar-refractivity contribution is 0.188. The predicted octanol–water partition coefficient (Wildman–Crippen LogP) is 0.770. The van der Waals surface area contributed by atoms with Gasteiger partial charge in [0.05, 0.1) is 0 Å². The Kier molecular flexibility index (Phi) is 2.92. The lowest BCUT2D eigenvalue weighted by Gasteiger charge is -2.19. The van der Waals surface area contributed by atoms with E-state index in [0.29, 0.717) is 0 Å². The van der Waals surface area contributed by atoms with Crippen LogP contribution < -0.4 is 11.1 Å². The summed E-state index contributed by atoms with van der Waals surface area (Å²) in [6.07, 6.45) is 2.47. The zero-order valence-corrected chi connectivity index (χ0v) is 7.29. The van der Waals surface area contributed by atoms with Crippen LogP contribution in [0, 0.1) is 5.92 Å². The van der Waals surface area contributed by atoms with E-state index in [0.717, 1.165) is 12.3 Å². The highest BCUT2D eigenvalue weighted by Gasteiger charge is 2.26. The summed E-state index contributed by atoms with van der Waals surface area (Å²) in [5, 5.41) is 10.8. The van der Waals surface area contributed by atoms with Gasteiger partial charge in [0.2, 0.25) is 0 Å². The first-order chi connectivity index (χ1) is 5.59. The Balaban J connectivity index is 2.19. The summed E-state index contributed by atoms with van der Waals surface area (Å²) in [4.78, 5) is 10.2. The summed E-state index contributed by atoms with van der Waals surface area (Å²) in [6.45, 7) is 1.81. The highest BCUT2D eigenvalue weighted by molar-refractivity contribution is 5.64. The molecule has 4 N–H and O–H groups in total. The first kappa shape index (κ1) is 9.32. The van der Waals surface area contributed by atoms with Crippen LogP contribution in [0.5, 0.6) is 0 Å². The molecule has 0 aromatic rings. The number of hydrogen-bond donors (Lipinski definition) is 3. The summed E-state index contributed by atoms with van der Waals surface area (Å²) in [5.74, 6) is 0.748. The number of amides is 1. The molecule has 0 spiro atoms. The standard InChI is InChI=1S/C8H16N2O2/c1-5(10-8(11)12)7(9)4-6-2-3-6/h5-7,10H,2-4,9H2,1H3,(H,11,12)/t5-,7-/m0/s1. The lowest BCUT2D eigenvalue weighted by Crippen LogP contribution is -2.45. The van der Waals surface area contributed by atoms with Crippen LogP contribution in [0.15, 0.2) is 0 Å². The summed E-state index contributed by atoms with van der Waals surface area (Å²) in [5.41, 5.74) is 5.78. The normalized spacial score (nSPS) is 21.5. The van der Waals surface area contributed by atoms with Crippen LogP contribution in [-0.4, -0.2) is 23.3 Å². The van der Waals surface area contributed by atoms with E-state index >= 15 is 0 Å².